The lowest BCUT2D eigenvalue weighted by molar-refractivity contribution is 0.0695. The molecule has 1 N–H and O–H groups in total. The summed E-state index contributed by atoms with van der Waals surface area (Å²) in [6.07, 6.45) is 4.27. The number of carboxylic acids is 1. The highest BCUT2D eigenvalue weighted by molar-refractivity contribution is 5.92. The Hall–Kier alpha value is -5.13. The number of hydrogen-bond acceptors (Lipinski definition) is 7. The first kappa shape index (κ1) is 25.2. The summed E-state index contributed by atoms with van der Waals surface area (Å²) in [6, 6.07) is 14.5. The van der Waals surface area contributed by atoms with Gasteiger partial charge in [-0.3, -0.25) is 4.79 Å². The molecule has 10 nitrogen and oxygen atoms in total. The van der Waals surface area contributed by atoms with Crippen LogP contribution in [0.3, 0.4) is 0 Å². The third-order valence-electron chi connectivity index (χ3n) is 6.94. The lowest BCUT2D eigenvalue weighted by Gasteiger charge is -2.37. The maximum atomic E-state index is 15.4. The van der Waals surface area contributed by atoms with Crippen LogP contribution >= 0.6 is 0 Å². The number of halogens is 2. The van der Waals surface area contributed by atoms with Crippen molar-refractivity contribution in [1.29, 1.82) is 0 Å². The molecule has 3 aromatic heterocycles. The van der Waals surface area contributed by atoms with Crippen LogP contribution in [-0.4, -0.2) is 61.6 Å². The first-order chi connectivity index (χ1) is 19.4. The SMILES string of the molecule is O=C(O)c1cn(-c2ccc(Cn3cncn3)cc2)c2nc(N3CCN(c4ccc(F)cc4)CC3)c(F)cc2c1=O. The molecule has 0 spiro atoms. The molecule has 6 rings (SSSR count). The zero-order valence-electron chi connectivity index (χ0n) is 21.1. The highest BCUT2D eigenvalue weighted by Crippen LogP contribution is 2.26. The van der Waals surface area contributed by atoms with Crippen LogP contribution in [0, 0.1) is 11.6 Å². The molecule has 5 aromatic rings. The lowest BCUT2D eigenvalue weighted by atomic mass is 10.1. The Morgan fingerprint density at radius 1 is 0.925 bits per heavy atom. The molecule has 0 atom stereocenters. The Labute approximate surface area is 226 Å². The number of carbonyl (C=O) groups is 1. The van der Waals surface area contributed by atoms with Crippen LogP contribution in [0.2, 0.25) is 0 Å². The number of anilines is 2. The Kier molecular flexibility index (Phi) is 6.42. The number of pyridine rings is 2. The lowest BCUT2D eigenvalue weighted by Crippen LogP contribution is -2.47. The molecule has 12 heteroatoms. The highest BCUT2D eigenvalue weighted by atomic mass is 19.1. The summed E-state index contributed by atoms with van der Waals surface area (Å²) in [5, 5.41) is 13.6. The van der Waals surface area contributed by atoms with Gasteiger partial charge >= 0.3 is 5.97 Å². The summed E-state index contributed by atoms with van der Waals surface area (Å²) in [5.74, 6) is -2.36. The topological polar surface area (TPSA) is 109 Å². The van der Waals surface area contributed by atoms with Gasteiger partial charge < -0.3 is 19.5 Å². The van der Waals surface area contributed by atoms with E-state index in [-0.39, 0.29) is 22.7 Å². The largest absolute Gasteiger partial charge is 0.477 e. The van der Waals surface area contributed by atoms with E-state index in [0.29, 0.717) is 38.4 Å². The van der Waals surface area contributed by atoms with Crippen molar-refractivity contribution in [3.8, 4) is 5.69 Å². The summed E-state index contributed by atoms with van der Waals surface area (Å²) in [5.41, 5.74) is 1.21. The molecule has 0 saturated carbocycles. The number of rotatable bonds is 6. The van der Waals surface area contributed by atoms with Gasteiger partial charge in [-0.05, 0) is 48.0 Å². The number of carboxylic acid groups (broad SMARTS) is 1. The first-order valence-corrected chi connectivity index (χ1v) is 12.5. The van der Waals surface area contributed by atoms with E-state index in [1.807, 2.05) is 12.1 Å². The maximum absolute atomic E-state index is 15.4. The van der Waals surface area contributed by atoms with Gasteiger partial charge in [0.2, 0.25) is 5.43 Å². The van der Waals surface area contributed by atoms with Gasteiger partial charge in [0.15, 0.2) is 17.3 Å². The van der Waals surface area contributed by atoms with Crippen LogP contribution in [0.4, 0.5) is 20.3 Å². The minimum Gasteiger partial charge on any atom is -0.477 e. The second-order valence-electron chi connectivity index (χ2n) is 9.42. The summed E-state index contributed by atoms with van der Waals surface area (Å²) in [4.78, 5) is 37.2. The molecule has 1 fully saturated rings. The van der Waals surface area contributed by atoms with E-state index in [4.69, 9.17) is 0 Å². The zero-order chi connectivity index (χ0) is 27.8. The molecule has 0 radical (unpaired) electrons. The number of benzene rings is 2. The molecular weight excluding hydrogens is 520 g/mol. The molecule has 0 unspecified atom stereocenters. The van der Waals surface area contributed by atoms with Crippen LogP contribution in [-0.2, 0) is 6.54 Å². The first-order valence-electron chi connectivity index (χ1n) is 12.5. The van der Waals surface area contributed by atoms with Gasteiger partial charge in [0, 0.05) is 43.8 Å². The van der Waals surface area contributed by atoms with Crippen LogP contribution in [0.1, 0.15) is 15.9 Å². The number of aromatic nitrogens is 5. The third-order valence-corrected chi connectivity index (χ3v) is 6.94. The number of piperazine rings is 1. The van der Waals surface area contributed by atoms with E-state index in [9.17, 15) is 19.1 Å². The Morgan fingerprint density at radius 2 is 1.60 bits per heavy atom. The Balaban J connectivity index is 1.36. The molecule has 2 aromatic carbocycles. The zero-order valence-corrected chi connectivity index (χ0v) is 21.1. The second-order valence-corrected chi connectivity index (χ2v) is 9.42. The molecule has 0 bridgehead atoms. The van der Waals surface area contributed by atoms with Crippen LogP contribution in [0.5, 0.6) is 0 Å². The summed E-state index contributed by atoms with van der Waals surface area (Å²) in [7, 11) is 0. The fourth-order valence-electron chi connectivity index (χ4n) is 4.88. The molecule has 1 saturated heterocycles. The molecule has 1 aliphatic heterocycles. The highest BCUT2D eigenvalue weighted by Gasteiger charge is 2.24. The summed E-state index contributed by atoms with van der Waals surface area (Å²) >= 11 is 0. The number of nitrogens with zero attached hydrogens (tertiary/aromatic N) is 7. The second kappa shape index (κ2) is 10.2. The fraction of sp³-hybridized carbons (Fsp3) is 0.179. The monoisotopic (exact) mass is 543 g/mol. The molecule has 0 aliphatic carbocycles. The predicted molar refractivity (Wildman–Crippen MR) is 144 cm³/mol. The van der Waals surface area contributed by atoms with Gasteiger partial charge in [-0.25, -0.2) is 28.2 Å². The normalized spacial score (nSPS) is 13.7. The van der Waals surface area contributed by atoms with E-state index in [2.05, 4.69) is 20.0 Å². The summed E-state index contributed by atoms with van der Waals surface area (Å²) < 4.78 is 31.9. The minimum absolute atomic E-state index is 0.0743. The van der Waals surface area contributed by atoms with E-state index in [1.54, 1.807) is 40.2 Å². The molecule has 0 amide bonds. The standard InChI is InChI=1S/C28H23F2N7O3/c29-19-3-7-20(8-4-19)34-9-11-35(12-10-34)27-24(30)13-22-25(38)23(28(39)40)15-37(26(22)33-27)21-5-1-18(2-6-21)14-36-17-31-16-32-36/h1-8,13,15-17H,9-12,14H2,(H,39,40). The maximum Gasteiger partial charge on any atom is 0.341 e. The number of fused-ring (bicyclic) bond motifs is 1. The molecule has 1 aliphatic rings. The smallest absolute Gasteiger partial charge is 0.341 e. The van der Waals surface area contributed by atoms with Crippen molar-refractivity contribution in [3.63, 3.8) is 0 Å². The van der Waals surface area contributed by atoms with E-state index >= 15 is 4.39 Å². The van der Waals surface area contributed by atoms with Crippen LogP contribution < -0.4 is 15.2 Å². The molecule has 40 heavy (non-hydrogen) atoms. The van der Waals surface area contributed by atoms with Crippen molar-refractivity contribution in [3.05, 3.63) is 106 Å². The van der Waals surface area contributed by atoms with Gasteiger partial charge in [-0.1, -0.05) is 12.1 Å². The quantitative estimate of drug-likeness (QED) is 0.348. The van der Waals surface area contributed by atoms with Crippen molar-refractivity contribution in [1.82, 2.24) is 24.3 Å². The average Bonchev–Trinajstić information content (AvgIpc) is 3.47. The van der Waals surface area contributed by atoms with Gasteiger partial charge in [-0.15, -0.1) is 0 Å². The average molecular weight is 544 g/mol. The molecule has 202 valence electrons. The van der Waals surface area contributed by atoms with Crippen LogP contribution in [0.15, 0.2) is 78.2 Å². The predicted octanol–water partition coefficient (Wildman–Crippen LogP) is 3.33. The van der Waals surface area contributed by atoms with E-state index in [1.165, 1.54) is 29.2 Å². The molecule has 4 heterocycles. The Bertz CT molecular complexity index is 1750. The van der Waals surface area contributed by atoms with E-state index < -0.39 is 22.8 Å². The molecular formula is C28H23F2N7O3. The van der Waals surface area contributed by atoms with Gasteiger partial charge in [-0.2, -0.15) is 5.10 Å². The van der Waals surface area contributed by atoms with Crippen molar-refractivity contribution in [2.24, 2.45) is 0 Å². The van der Waals surface area contributed by atoms with Crippen molar-refractivity contribution in [2.75, 3.05) is 36.0 Å². The minimum atomic E-state index is -1.41. The Morgan fingerprint density at radius 3 is 2.25 bits per heavy atom. The van der Waals surface area contributed by atoms with Gasteiger partial charge in [0.05, 0.1) is 11.9 Å². The summed E-state index contributed by atoms with van der Waals surface area (Å²) in [6.45, 7) is 2.50. The van der Waals surface area contributed by atoms with Crippen molar-refractivity contribution >= 4 is 28.5 Å². The van der Waals surface area contributed by atoms with Crippen molar-refractivity contribution < 1.29 is 18.7 Å². The van der Waals surface area contributed by atoms with Gasteiger partial charge in [0.25, 0.3) is 0 Å². The fourth-order valence-corrected chi connectivity index (χ4v) is 4.88. The number of aromatic carboxylic acids is 1. The van der Waals surface area contributed by atoms with Crippen LogP contribution in [0.25, 0.3) is 16.7 Å². The van der Waals surface area contributed by atoms with E-state index in [0.717, 1.165) is 17.3 Å². The van der Waals surface area contributed by atoms with Crippen molar-refractivity contribution in [2.45, 2.75) is 6.54 Å². The third kappa shape index (κ3) is 4.75. The van der Waals surface area contributed by atoms with Gasteiger partial charge in [0.1, 0.15) is 24.0 Å². The number of hydrogen-bond donors (Lipinski definition) is 1.